The number of rotatable bonds is 8. The molecule has 0 saturated heterocycles. The highest BCUT2D eigenvalue weighted by Crippen LogP contribution is 2.40. The molecule has 1 N–H and O–H groups in total. The molecule has 106 valence electrons. The predicted octanol–water partition coefficient (Wildman–Crippen LogP) is 3.38. The first-order valence-electron chi connectivity index (χ1n) is 7.70. The Balaban J connectivity index is 1.69. The van der Waals surface area contributed by atoms with Crippen LogP contribution in [0.5, 0.6) is 0 Å². The van der Waals surface area contributed by atoms with Crippen molar-refractivity contribution in [3.8, 4) is 0 Å². The van der Waals surface area contributed by atoms with Gasteiger partial charge in [-0.15, -0.1) is 0 Å². The van der Waals surface area contributed by atoms with Crippen LogP contribution < -0.4 is 5.32 Å². The Bertz CT molecular complexity index is 385. The lowest BCUT2D eigenvalue weighted by Crippen LogP contribution is -2.34. The SMILES string of the molecule is CCC(C)N(C)CCNCc1cccc(C2CC2)c1. The second-order valence-corrected chi connectivity index (χ2v) is 5.93. The van der Waals surface area contributed by atoms with Gasteiger partial charge in [0, 0.05) is 25.7 Å². The van der Waals surface area contributed by atoms with Crippen molar-refractivity contribution in [2.45, 2.75) is 51.6 Å². The molecule has 0 heterocycles. The molecule has 19 heavy (non-hydrogen) atoms. The molecule has 2 nitrogen and oxygen atoms in total. The molecule has 1 aromatic rings. The zero-order valence-corrected chi connectivity index (χ0v) is 12.7. The number of hydrogen-bond donors (Lipinski definition) is 1. The summed E-state index contributed by atoms with van der Waals surface area (Å²) in [5.41, 5.74) is 2.96. The van der Waals surface area contributed by atoms with E-state index in [4.69, 9.17) is 0 Å². The van der Waals surface area contributed by atoms with E-state index in [-0.39, 0.29) is 0 Å². The number of benzene rings is 1. The molecule has 0 aromatic heterocycles. The maximum Gasteiger partial charge on any atom is 0.0206 e. The largest absolute Gasteiger partial charge is 0.311 e. The molecular weight excluding hydrogens is 232 g/mol. The molecule has 1 aliphatic carbocycles. The molecule has 1 unspecified atom stereocenters. The van der Waals surface area contributed by atoms with E-state index in [0.717, 1.165) is 25.6 Å². The minimum Gasteiger partial charge on any atom is -0.311 e. The van der Waals surface area contributed by atoms with Crippen molar-refractivity contribution in [1.29, 1.82) is 0 Å². The molecule has 1 aliphatic rings. The smallest absolute Gasteiger partial charge is 0.0206 e. The zero-order valence-electron chi connectivity index (χ0n) is 12.7. The van der Waals surface area contributed by atoms with E-state index >= 15 is 0 Å². The summed E-state index contributed by atoms with van der Waals surface area (Å²) in [5, 5.41) is 3.56. The maximum absolute atomic E-state index is 3.56. The summed E-state index contributed by atoms with van der Waals surface area (Å²) in [7, 11) is 2.21. The van der Waals surface area contributed by atoms with Gasteiger partial charge in [0.2, 0.25) is 0 Å². The van der Waals surface area contributed by atoms with E-state index < -0.39 is 0 Å². The first kappa shape index (κ1) is 14.5. The van der Waals surface area contributed by atoms with Gasteiger partial charge in [0.1, 0.15) is 0 Å². The van der Waals surface area contributed by atoms with Crippen LogP contribution in [0.1, 0.15) is 50.2 Å². The van der Waals surface area contributed by atoms with Gasteiger partial charge >= 0.3 is 0 Å². The molecule has 2 heteroatoms. The van der Waals surface area contributed by atoms with Crippen molar-refractivity contribution in [1.82, 2.24) is 10.2 Å². The van der Waals surface area contributed by atoms with Gasteiger partial charge in [-0.2, -0.15) is 0 Å². The van der Waals surface area contributed by atoms with E-state index in [1.165, 1.54) is 30.4 Å². The average Bonchev–Trinajstić information content (AvgIpc) is 3.27. The molecule has 0 spiro atoms. The van der Waals surface area contributed by atoms with Crippen LogP contribution in [0.2, 0.25) is 0 Å². The number of nitrogens with one attached hydrogen (secondary N) is 1. The molecule has 1 saturated carbocycles. The average molecular weight is 260 g/mol. The van der Waals surface area contributed by atoms with Crippen molar-refractivity contribution >= 4 is 0 Å². The van der Waals surface area contributed by atoms with Gasteiger partial charge in [0.25, 0.3) is 0 Å². The first-order valence-corrected chi connectivity index (χ1v) is 7.70. The summed E-state index contributed by atoms with van der Waals surface area (Å²) in [6.07, 6.45) is 3.99. The second kappa shape index (κ2) is 7.06. The minimum atomic E-state index is 0.681. The molecule has 2 rings (SSSR count). The van der Waals surface area contributed by atoms with Gasteiger partial charge in [-0.05, 0) is 50.3 Å². The van der Waals surface area contributed by atoms with E-state index in [1.807, 2.05) is 0 Å². The number of likely N-dealkylation sites (N-methyl/N-ethyl adjacent to an activating group) is 1. The highest BCUT2D eigenvalue weighted by Gasteiger charge is 2.23. The van der Waals surface area contributed by atoms with Gasteiger partial charge in [0.15, 0.2) is 0 Å². The summed E-state index contributed by atoms with van der Waals surface area (Å²) < 4.78 is 0. The Hall–Kier alpha value is -0.860. The van der Waals surface area contributed by atoms with Crippen molar-refractivity contribution in [2.24, 2.45) is 0 Å². The lowest BCUT2D eigenvalue weighted by atomic mass is 10.1. The van der Waals surface area contributed by atoms with Gasteiger partial charge in [-0.1, -0.05) is 31.2 Å². The Morgan fingerprint density at radius 3 is 2.84 bits per heavy atom. The number of hydrogen-bond acceptors (Lipinski definition) is 2. The monoisotopic (exact) mass is 260 g/mol. The Labute approximate surface area is 118 Å². The molecule has 1 fully saturated rings. The molecule has 0 aliphatic heterocycles. The standard InChI is InChI=1S/C17H28N2/c1-4-14(2)19(3)11-10-18-13-15-6-5-7-17(12-15)16-8-9-16/h5-7,12,14,16,18H,4,8-11,13H2,1-3H3. The van der Waals surface area contributed by atoms with Gasteiger partial charge in [-0.3, -0.25) is 0 Å². The van der Waals surface area contributed by atoms with E-state index in [0.29, 0.717) is 6.04 Å². The fourth-order valence-electron chi connectivity index (χ4n) is 2.39. The van der Waals surface area contributed by atoms with Crippen molar-refractivity contribution in [3.63, 3.8) is 0 Å². The van der Waals surface area contributed by atoms with Crippen LogP contribution in [-0.4, -0.2) is 31.1 Å². The van der Waals surface area contributed by atoms with Gasteiger partial charge < -0.3 is 10.2 Å². The third-order valence-corrected chi connectivity index (χ3v) is 4.31. The molecule has 1 atom stereocenters. The fourth-order valence-corrected chi connectivity index (χ4v) is 2.39. The highest BCUT2D eigenvalue weighted by atomic mass is 15.1. The number of nitrogens with zero attached hydrogens (tertiary/aromatic N) is 1. The minimum absolute atomic E-state index is 0.681. The third kappa shape index (κ3) is 4.63. The van der Waals surface area contributed by atoms with Crippen LogP contribution in [0.15, 0.2) is 24.3 Å². The molecular formula is C17H28N2. The normalized spacial score (nSPS) is 16.8. The Kier molecular flexibility index (Phi) is 5.41. The Morgan fingerprint density at radius 1 is 1.37 bits per heavy atom. The van der Waals surface area contributed by atoms with Crippen molar-refractivity contribution in [2.75, 3.05) is 20.1 Å². The topological polar surface area (TPSA) is 15.3 Å². The van der Waals surface area contributed by atoms with Crippen LogP contribution in [-0.2, 0) is 6.54 Å². The second-order valence-electron chi connectivity index (χ2n) is 5.93. The summed E-state index contributed by atoms with van der Waals surface area (Å²) in [4.78, 5) is 2.42. The van der Waals surface area contributed by atoms with Crippen LogP contribution in [0.4, 0.5) is 0 Å². The van der Waals surface area contributed by atoms with E-state index in [2.05, 4.69) is 55.4 Å². The summed E-state index contributed by atoms with van der Waals surface area (Å²) in [6.45, 7) is 7.72. The third-order valence-electron chi connectivity index (χ3n) is 4.31. The molecule has 0 bridgehead atoms. The quantitative estimate of drug-likeness (QED) is 0.721. The summed E-state index contributed by atoms with van der Waals surface area (Å²) in [6, 6.07) is 9.77. The highest BCUT2D eigenvalue weighted by molar-refractivity contribution is 5.29. The summed E-state index contributed by atoms with van der Waals surface area (Å²) in [5.74, 6) is 0.858. The van der Waals surface area contributed by atoms with Crippen molar-refractivity contribution in [3.05, 3.63) is 35.4 Å². The van der Waals surface area contributed by atoms with Crippen molar-refractivity contribution < 1.29 is 0 Å². The van der Waals surface area contributed by atoms with E-state index in [9.17, 15) is 0 Å². The predicted molar refractivity (Wildman–Crippen MR) is 82.5 cm³/mol. The zero-order chi connectivity index (χ0) is 13.7. The fraction of sp³-hybridized carbons (Fsp3) is 0.647. The van der Waals surface area contributed by atoms with Crippen LogP contribution in [0.25, 0.3) is 0 Å². The lowest BCUT2D eigenvalue weighted by molar-refractivity contribution is 0.251. The lowest BCUT2D eigenvalue weighted by Gasteiger charge is -2.23. The molecule has 0 amide bonds. The Morgan fingerprint density at radius 2 is 2.16 bits per heavy atom. The molecule has 0 radical (unpaired) electrons. The molecule has 1 aromatic carbocycles. The van der Waals surface area contributed by atoms with Crippen LogP contribution in [0.3, 0.4) is 0 Å². The van der Waals surface area contributed by atoms with Gasteiger partial charge in [-0.25, -0.2) is 0 Å². The van der Waals surface area contributed by atoms with Gasteiger partial charge in [0.05, 0.1) is 0 Å². The first-order chi connectivity index (χ1) is 9.20. The van der Waals surface area contributed by atoms with Crippen LogP contribution in [0, 0.1) is 0 Å². The van der Waals surface area contributed by atoms with E-state index in [1.54, 1.807) is 0 Å². The summed E-state index contributed by atoms with van der Waals surface area (Å²) >= 11 is 0. The maximum atomic E-state index is 3.56. The van der Waals surface area contributed by atoms with Crippen LogP contribution >= 0.6 is 0 Å².